The van der Waals surface area contributed by atoms with E-state index in [0.29, 0.717) is 26.2 Å². The minimum atomic E-state index is -0.275. The molecule has 0 bridgehead atoms. The highest BCUT2D eigenvalue weighted by Gasteiger charge is 2.15. The maximum absolute atomic E-state index is 11.6. The fourth-order valence-corrected chi connectivity index (χ4v) is 1.48. The molecule has 2 N–H and O–H groups in total. The molecular weight excluding hydrogens is 210 g/mol. The number of rotatable bonds is 4. The monoisotopic (exact) mass is 229 g/mol. The fraction of sp³-hybridized carbons (Fsp3) is 0.800. The van der Waals surface area contributed by atoms with Gasteiger partial charge in [-0.2, -0.15) is 0 Å². The standard InChI is InChI=1S/C10H19N3O3/c1-2-16-9(14)3-4-12-10(15)13-7-5-11-6-8-13/h11H,2-8H2,1H3,(H,12,15). The Labute approximate surface area is 95.3 Å². The van der Waals surface area contributed by atoms with E-state index in [1.54, 1.807) is 11.8 Å². The summed E-state index contributed by atoms with van der Waals surface area (Å²) in [5.74, 6) is -0.275. The fourth-order valence-electron chi connectivity index (χ4n) is 1.48. The number of hydrogen-bond donors (Lipinski definition) is 2. The second-order valence-electron chi connectivity index (χ2n) is 3.52. The molecule has 1 rings (SSSR count). The third-order valence-electron chi connectivity index (χ3n) is 2.31. The van der Waals surface area contributed by atoms with Crippen molar-refractivity contribution >= 4 is 12.0 Å². The number of carbonyl (C=O) groups is 2. The summed E-state index contributed by atoms with van der Waals surface area (Å²) in [6.45, 7) is 5.55. The Morgan fingerprint density at radius 3 is 2.69 bits per heavy atom. The van der Waals surface area contributed by atoms with Crippen LogP contribution in [0.4, 0.5) is 4.79 Å². The van der Waals surface area contributed by atoms with E-state index in [1.807, 2.05) is 0 Å². The molecule has 0 aromatic carbocycles. The maximum Gasteiger partial charge on any atom is 0.317 e. The highest BCUT2D eigenvalue weighted by atomic mass is 16.5. The zero-order valence-corrected chi connectivity index (χ0v) is 9.62. The van der Waals surface area contributed by atoms with E-state index < -0.39 is 0 Å². The summed E-state index contributed by atoms with van der Waals surface area (Å²) in [7, 11) is 0. The van der Waals surface area contributed by atoms with Crippen molar-refractivity contribution in [2.75, 3.05) is 39.3 Å². The van der Waals surface area contributed by atoms with E-state index >= 15 is 0 Å². The molecule has 0 aromatic heterocycles. The van der Waals surface area contributed by atoms with Crippen LogP contribution in [0.15, 0.2) is 0 Å². The molecule has 0 aromatic rings. The minimum absolute atomic E-state index is 0.106. The van der Waals surface area contributed by atoms with Crippen molar-refractivity contribution < 1.29 is 14.3 Å². The van der Waals surface area contributed by atoms with Crippen molar-refractivity contribution in [2.45, 2.75) is 13.3 Å². The number of urea groups is 1. The SMILES string of the molecule is CCOC(=O)CCNC(=O)N1CCNCC1. The minimum Gasteiger partial charge on any atom is -0.466 e. The molecule has 0 unspecified atom stereocenters. The first-order valence-corrected chi connectivity index (χ1v) is 5.63. The van der Waals surface area contributed by atoms with Crippen molar-refractivity contribution in [3.05, 3.63) is 0 Å². The van der Waals surface area contributed by atoms with Gasteiger partial charge < -0.3 is 20.3 Å². The van der Waals surface area contributed by atoms with Crippen molar-refractivity contribution in [2.24, 2.45) is 0 Å². The molecule has 1 fully saturated rings. The maximum atomic E-state index is 11.6. The molecule has 1 saturated heterocycles. The Kier molecular flexibility index (Phi) is 5.63. The molecule has 6 heteroatoms. The van der Waals surface area contributed by atoms with Gasteiger partial charge in [-0.1, -0.05) is 0 Å². The van der Waals surface area contributed by atoms with Crippen LogP contribution in [0.2, 0.25) is 0 Å². The molecule has 0 aliphatic carbocycles. The van der Waals surface area contributed by atoms with Crippen LogP contribution < -0.4 is 10.6 Å². The molecule has 2 amide bonds. The Bertz CT molecular complexity index is 239. The van der Waals surface area contributed by atoms with Crippen LogP contribution in [0, 0.1) is 0 Å². The van der Waals surface area contributed by atoms with Crippen LogP contribution >= 0.6 is 0 Å². The van der Waals surface area contributed by atoms with Crippen molar-refractivity contribution in [3.8, 4) is 0 Å². The third kappa shape index (κ3) is 4.48. The van der Waals surface area contributed by atoms with Gasteiger partial charge in [0, 0.05) is 32.7 Å². The smallest absolute Gasteiger partial charge is 0.317 e. The summed E-state index contributed by atoms with van der Waals surface area (Å²) in [6.07, 6.45) is 0.228. The van der Waals surface area contributed by atoms with Gasteiger partial charge in [-0.25, -0.2) is 4.79 Å². The number of amides is 2. The average Bonchev–Trinajstić information content (AvgIpc) is 2.30. The van der Waals surface area contributed by atoms with E-state index in [-0.39, 0.29) is 18.4 Å². The van der Waals surface area contributed by atoms with Gasteiger partial charge in [0.1, 0.15) is 0 Å². The molecular formula is C10H19N3O3. The molecule has 1 aliphatic rings. The molecule has 0 saturated carbocycles. The van der Waals surface area contributed by atoms with Crippen molar-refractivity contribution in [1.82, 2.24) is 15.5 Å². The third-order valence-corrected chi connectivity index (χ3v) is 2.31. The lowest BCUT2D eigenvalue weighted by Gasteiger charge is -2.27. The summed E-state index contributed by atoms with van der Waals surface area (Å²) in [6, 6.07) is -0.106. The van der Waals surface area contributed by atoms with Gasteiger partial charge in [-0.15, -0.1) is 0 Å². The van der Waals surface area contributed by atoms with E-state index in [2.05, 4.69) is 10.6 Å². The molecule has 6 nitrogen and oxygen atoms in total. The Hall–Kier alpha value is -1.30. The van der Waals surface area contributed by atoms with Crippen molar-refractivity contribution in [1.29, 1.82) is 0 Å². The summed E-state index contributed by atoms with van der Waals surface area (Å²) in [5, 5.41) is 5.86. The van der Waals surface area contributed by atoms with Crippen LogP contribution in [-0.2, 0) is 9.53 Å². The highest BCUT2D eigenvalue weighted by molar-refractivity contribution is 5.75. The van der Waals surface area contributed by atoms with E-state index in [4.69, 9.17) is 4.74 Å². The first-order chi connectivity index (χ1) is 7.74. The number of hydrogen-bond acceptors (Lipinski definition) is 4. The molecule has 0 radical (unpaired) electrons. The normalized spacial score (nSPS) is 15.7. The largest absolute Gasteiger partial charge is 0.466 e. The van der Waals surface area contributed by atoms with Crippen LogP contribution in [0.25, 0.3) is 0 Å². The van der Waals surface area contributed by atoms with Crippen LogP contribution in [-0.4, -0.2) is 56.2 Å². The number of ether oxygens (including phenoxy) is 1. The molecule has 92 valence electrons. The zero-order chi connectivity index (χ0) is 11.8. The number of carbonyl (C=O) groups excluding carboxylic acids is 2. The van der Waals surface area contributed by atoms with Gasteiger partial charge in [0.05, 0.1) is 13.0 Å². The van der Waals surface area contributed by atoms with E-state index in [1.165, 1.54) is 0 Å². The topological polar surface area (TPSA) is 70.7 Å². The molecule has 1 aliphatic heterocycles. The lowest BCUT2D eigenvalue weighted by molar-refractivity contribution is -0.142. The average molecular weight is 229 g/mol. The van der Waals surface area contributed by atoms with Crippen LogP contribution in [0.5, 0.6) is 0 Å². The molecule has 16 heavy (non-hydrogen) atoms. The van der Waals surface area contributed by atoms with E-state index in [9.17, 15) is 9.59 Å². The Morgan fingerprint density at radius 1 is 1.38 bits per heavy atom. The Balaban J connectivity index is 2.12. The second kappa shape index (κ2) is 7.05. The van der Waals surface area contributed by atoms with Gasteiger partial charge in [-0.05, 0) is 6.92 Å². The van der Waals surface area contributed by atoms with Crippen molar-refractivity contribution in [3.63, 3.8) is 0 Å². The van der Waals surface area contributed by atoms with Crippen LogP contribution in [0.1, 0.15) is 13.3 Å². The summed E-state index contributed by atoms with van der Waals surface area (Å²) < 4.78 is 4.76. The summed E-state index contributed by atoms with van der Waals surface area (Å²) in [5.41, 5.74) is 0. The molecule has 0 atom stereocenters. The number of nitrogens with zero attached hydrogens (tertiary/aromatic N) is 1. The molecule has 0 spiro atoms. The first-order valence-electron chi connectivity index (χ1n) is 5.63. The van der Waals surface area contributed by atoms with E-state index in [0.717, 1.165) is 13.1 Å². The lowest BCUT2D eigenvalue weighted by Crippen LogP contribution is -2.50. The van der Waals surface area contributed by atoms with Crippen LogP contribution in [0.3, 0.4) is 0 Å². The van der Waals surface area contributed by atoms with Gasteiger partial charge >= 0.3 is 12.0 Å². The lowest BCUT2D eigenvalue weighted by atomic mass is 10.4. The summed E-state index contributed by atoms with van der Waals surface area (Å²) in [4.78, 5) is 24.3. The Morgan fingerprint density at radius 2 is 2.06 bits per heavy atom. The number of piperazine rings is 1. The number of esters is 1. The first kappa shape index (κ1) is 12.8. The zero-order valence-electron chi connectivity index (χ0n) is 9.62. The molecule has 1 heterocycles. The van der Waals surface area contributed by atoms with Gasteiger partial charge in [-0.3, -0.25) is 4.79 Å². The quantitative estimate of drug-likeness (QED) is 0.641. The predicted octanol–water partition coefficient (Wildman–Crippen LogP) is -0.446. The van der Waals surface area contributed by atoms with Gasteiger partial charge in [0.15, 0.2) is 0 Å². The van der Waals surface area contributed by atoms with Gasteiger partial charge in [0.25, 0.3) is 0 Å². The van der Waals surface area contributed by atoms with Gasteiger partial charge in [0.2, 0.25) is 0 Å². The summed E-state index contributed by atoms with van der Waals surface area (Å²) >= 11 is 0. The number of nitrogens with one attached hydrogen (secondary N) is 2. The predicted molar refractivity (Wildman–Crippen MR) is 59.1 cm³/mol. The highest BCUT2D eigenvalue weighted by Crippen LogP contribution is 1.93. The second-order valence-corrected chi connectivity index (χ2v) is 3.52.